The predicted molar refractivity (Wildman–Crippen MR) is 85.7 cm³/mol. The Bertz CT molecular complexity index is 692. The first kappa shape index (κ1) is 15.0. The molecule has 2 aromatic rings. The molecule has 0 aromatic heterocycles. The molecule has 0 bridgehead atoms. The third kappa shape index (κ3) is 3.59. The van der Waals surface area contributed by atoms with Crippen molar-refractivity contribution in [1.29, 1.82) is 5.26 Å². The maximum Gasteiger partial charge on any atom is 0.144 e. The minimum Gasteiger partial charge on any atom is -0.487 e. The molecule has 0 fully saturated rings. The number of nitrogen functional groups attached to an aromatic ring is 1. The molecule has 0 saturated heterocycles. The zero-order chi connectivity index (χ0) is 15.4. The lowest BCUT2D eigenvalue weighted by Crippen LogP contribution is -2.09. The van der Waals surface area contributed by atoms with Gasteiger partial charge in [-0.2, -0.15) is 5.26 Å². The van der Waals surface area contributed by atoms with Gasteiger partial charge in [0.15, 0.2) is 0 Å². The average Bonchev–Trinajstić information content (AvgIpc) is 2.47. The van der Waals surface area contributed by atoms with Crippen molar-refractivity contribution in [2.24, 2.45) is 0 Å². The van der Waals surface area contributed by atoms with Crippen molar-refractivity contribution in [3.8, 4) is 11.8 Å². The van der Waals surface area contributed by atoms with Gasteiger partial charge in [-0.15, -0.1) is 0 Å². The van der Waals surface area contributed by atoms with Gasteiger partial charge in [-0.25, -0.2) is 0 Å². The van der Waals surface area contributed by atoms with Crippen LogP contribution in [0.2, 0.25) is 5.02 Å². The van der Waals surface area contributed by atoms with E-state index in [1.54, 1.807) is 18.2 Å². The molecule has 0 amide bonds. The lowest BCUT2D eigenvalue weighted by molar-refractivity contribution is 0.308. The summed E-state index contributed by atoms with van der Waals surface area (Å²) in [6, 6.07) is 12.8. The van der Waals surface area contributed by atoms with Crippen LogP contribution >= 0.6 is 11.6 Å². The smallest absolute Gasteiger partial charge is 0.144 e. The van der Waals surface area contributed by atoms with Gasteiger partial charge in [-0.05, 0) is 24.3 Å². The number of ether oxygens (including phenoxy) is 1. The van der Waals surface area contributed by atoms with E-state index in [9.17, 15) is 0 Å². The van der Waals surface area contributed by atoms with Crippen LogP contribution < -0.4 is 15.4 Å². The number of benzene rings is 2. The van der Waals surface area contributed by atoms with Gasteiger partial charge >= 0.3 is 0 Å². The Hall–Kier alpha value is -2.38. The molecular formula is C16H16ClN3O. The highest BCUT2D eigenvalue weighted by molar-refractivity contribution is 6.31. The maximum atomic E-state index is 8.82. The third-order valence-electron chi connectivity index (χ3n) is 3.08. The second-order valence-electron chi connectivity index (χ2n) is 4.82. The summed E-state index contributed by atoms with van der Waals surface area (Å²) in [5.74, 6) is 0.613. The molecule has 0 saturated carbocycles. The zero-order valence-corrected chi connectivity index (χ0v) is 12.7. The van der Waals surface area contributed by atoms with E-state index in [0.717, 1.165) is 11.3 Å². The van der Waals surface area contributed by atoms with Crippen molar-refractivity contribution in [2.45, 2.75) is 6.61 Å². The van der Waals surface area contributed by atoms with Crippen molar-refractivity contribution >= 4 is 23.0 Å². The highest BCUT2D eigenvalue weighted by Crippen LogP contribution is 2.28. The van der Waals surface area contributed by atoms with Crippen LogP contribution in [0.5, 0.6) is 5.75 Å². The number of hydrogen-bond acceptors (Lipinski definition) is 4. The summed E-state index contributed by atoms with van der Waals surface area (Å²) in [6.07, 6.45) is 0. The second kappa shape index (κ2) is 6.38. The highest BCUT2D eigenvalue weighted by atomic mass is 35.5. The van der Waals surface area contributed by atoms with E-state index in [0.29, 0.717) is 28.6 Å². The molecule has 21 heavy (non-hydrogen) atoms. The fourth-order valence-corrected chi connectivity index (χ4v) is 2.05. The molecule has 2 N–H and O–H groups in total. The second-order valence-corrected chi connectivity index (χ2v) is 5.23. The van der Waals surface area contributed by atoms with E-state index in [2.05, 4.69) is 0 Å². The Labute approximate surface area is 129 Å². The van der Waals surface area contributed by atoms with E-state index in [1.807, 2.05) is 43.3 Å². The first-order chi connectivity index (χ1) is 10.0. The van der Waals surface area contributed by atoms with Crippen molar-refractivity contribution < 1.29 is 4.74 Å². The molecule has 0 aliphatic carbocycles. The van der Waals surface area contributed by atoms with E-state index in [4.69, 9.17) is 27.3 Å². The molecule has 2 aromatic carbocycles. The van der Waals surface area contributed by atoms with Crippen LogP contribution in [0.15, 0.2) is 36.4 Å². The van der Waals surface area contributed by atoms with Gasteiger partial charge in [0.05, 0.1) is 17.3 Å². The van der Waals surface area contributed by atoms with Crippen LogP contribution in [-0.2, 0) is 6.61 Å². The van der Waals surface area contributed by atoms with E-state index < -0.39 is 0 Å². The number of hydrogen-bond donors (Lipinski definition) is 1. The Balaban J connectivity index is 2.17. The van der Waals surface area contributed by atoms with E-state index in [1.165, 1.54) is 0 Å². The van der Waals surface area contributed by atoms with Gasteiger partial charge in [0.1, 0.15) is 12.4 Å². The number of nitrogens with zero attached hydrogens (tertiary/aromatic N) is 2. The average molecular weight is 302 g/mol. The van der Waals surface area contributed by atoms with Gasteiger partial charge in [0.25, 0.3) is 0 Å². The minimum atomic E-state index is 0.297. The van der Waals surface area contributed by atoms with Crippen molar-refractivity contribution in [1.82, 2.24) is 0 Å². The van der Waals surface area contributed by atoms with Crippen LogP contribution in [0.3, 0.4) is 0 Å². The first-order valence-corrected chi connectivity index (χ1v) is 6.77. The number of nitrogens with two attached hydrogens (primary N) is 1. The van der Waals surface area contributed by atoms with Crippen LogP contribution in [0.25, 0.3) is 0 Å². The summed E-state index contributed by atoms with van der Waals surface area (Å²) in [5.41, 5.74) is 8.83. The summed E-state index contributed by atoms with van der Waals surface area (Å²) in [7, 11) is 3.90. The van der Waals surface area contributed by atoms with Gasteiger partial charge < -0.3 is 15.4 Å². The van der Waals surface area contributed by atoms with Gasteiger partial charge in [0, 0.05) is 36.4 Å². The van der Waals surface area contributed by atoms with Crippen molar-refractivity contribution in [2.75, 3.05) is 24.7 Å². The largest absolute Gasteiger partial charge is 0.487 e. The number of nitriles is 1. The molecule has 0 aliphatic rings. The summed E-state index contributed by atoms with van der Waals surface area (Å²) in [5, 5.41) is 9.33. The van der Waals surface area contributed by atoms with Crippen molar-refractivity contribution in [3.63, 3.8) is 0 Å². The van der Waals surface area contributed by atoms with Crippen LogP contribution in [0, 0.1) is 11.3 Å². The lowest BCUT2D eigenvalue weighted by Gasteiger charge is -2.16. The third-order valence-corrected chi connectivity index (χ3v) is 3.43. The molecule has 0 spiro atoms. The van der Waals surface area contributed by atoms with E-state index in [-0.39, 0.29) is 0 Å². The highest BCUT2D eigenvalue weighted by Gasteiger charge is 2.07. The SMILES string of the molecule is CN(C)c1ccc(N)c(OCc2ccc(C#N)cc2Cl)c1. The molecule has 2 rings (SSSR count). The fourth-order valence-electron chi connectivity index (χ4n) is 1.82. The summed E-state index contributed by atoms with van der Waals surface area (Å²) in [4.78, 5) is 1.97. The first-order valence-electron chi connectivity index (χ1n) is 6.39. The summed E-state index contributed by atoms with van der Waals surface area (Å²) < 4.78 is 5.75. The quantitative estimate of drug-likeness (QED) is 0.879. The fraction of sp³-hybridized carbons (Fsp3) is 0.188. The number of rotatable bonds is 4. The minimum absolute atomic E-state index is 0.297. The van der Waals surface area contributed by atoms with Gasteiger partial charge in [-0.3, -0.25) is 0 Å². The van der Waals surface area contributed by atoms with Gasteiger partial charge in [0.2, 0.25) is 0 Å². The number of halogens is 1. The molecule has 4 nitrogen and oxygen atoms in total. The molecule has 108 valence electrons. The Morgan fingerprint density at radius 1 is 1.24 bits per heavy atom. The summed E-state index contributed by atoms with van der Waals surface area (Å²) >= 11 is 6.13. The topological polar surface area (TPSA) is 62.3 Å². The van der Waals surface area contributed by atoms with E-state index >= 15 is 0 Å². The van der Waals surface area contributed by atoms with Crippen LogP contribution in [0.4, 0.5) is 11.4 Å². The summed E-state index contributed by atoms with van der Waals surface area (Å²) in [6.45, 7) is 0.297. The number of anilines is 2. The Morgan fingerprint density at radius 3 is 2.62 bits per heavy atom. The normalized spacial score (nSPS) is 10.0. The predicted octanol–water partition coefficient (Wildman–Crippen LogP) is 3.44. The molecule has 0 atom stereocenters. The van der Waals surface area contributed by atoms with Crippen molar-refractivity contribution in [3.05, 3.63) is 52.5 Å². The van der Waals surface area contributed by atoms with Crippen LogP contribution in [-0.4, -0.2) is 14.1 Å². The van der Waals surface area contributed by atoms with Gasteiger partial charge in [-0.1, -0.05) is 17.7 Å². The molecule has 0 radical (unpaired) electrons. The monoisotopic (exact) mass is 301 g/mol. The molecule has 0 heterocycles. The molecular weight excluding hydrogens is 286 g/mol. The maximum absolute atomic E-state index is 8.82. The Morgan fingerprint density at radius 2 is 2.00 bits per heavy atom. The molecule has 0 unspecified atom stereocenters. The molecule has 0 aliphatic heterocycles. The van der Waals surface area contributed by atoms with Crippen LogP contribution in [0.1, 0.15) is 11.1 Å². The molecule has 5 heteroatoms. The lowest BCUT2D eigenvalue weighted by atomic mass is 10.1. The standard InChI is InChI=1S/C16H16ClN3O/c1-20(2)13-5-6-15(19)16(8-13)21-10-12-4-3-11(9-18)7-14(12)17/h3-8H,10,19H2,1-2H3. The zero-order valence-electron chi connectivity index (χ0n) is 11.9. The Kier molecular flexibility index (Phi) is 4.56.